The predicted octanol–water partition coefficient (Wildman–Crippen LogP) is 6.52. The van der Waals surface area contributed by atoms with Crippen LogP contribution >= 0.6 is 0 Å². The maximum Gasteiger partial charge on any atom is 0.573 e. The summed E-state index contributed by atoms with van der Waals surface area (Å²) in [4.78, 5) is 17.9. The highest BCUT2D eigenvalue weighted by Gasteiger charge is 2.47. The van der Waals surface area contributed by atoms with Crippen LogP contribution in [0.1, 0.15) is 31.4 Å². The zero-order valence-electron chi connectivity index (χ0n) is 27.0. The van der Waals surface area contributed by atoms with Crippen molar-refractivity contribution in [2.75, 3.05) is 50.8 Å². The fraction of sp³-hybridized carbons (Fsp3) is 0.500. The molecule has 272 valence electrons. The van der Waals surface area contributed by atoms with Crippen molar-refractivity contribution in [3.8, 4) is 23.0 Å². The van der Waals surface area contributed by atoms with Gasteiger partial charge in [0.1, 0.15) is 17.0 Å². The smallest absolute Gasteiger partial charge is 0.463 e. The van der Waals surface area contributed by atoms with E-state index in [1.807, 2.05) is 4.90 Å². The lowest BCUT2D eigenvalue weighted by atomic mass is 9.98. The minimum Gasteiger partial charge on any atom is -0.463 e. The second-order valence-corrected chi connectivity index (χ2v) is 13.7. The monoisotopic (exact) mass is 724 g/mol. The summed E-state index contributed by atoms with van der Waals surface area (Å²) in [7, 11) is 0. The first kappa shape index (κ1) is 34.0. The van der Waals surface area contributed by atoms with E-state index in [0.717, 1.165) is 18.9 Å². The van der Waals surface area contributed by atoms with Crippen molar-refractivity contribution in [2.24, 2.45) is 5.41 Å². The van der Waals surface area contributed by atoms with Crippen LogP contribution in [-0.4, -0.2) is 90.6 Å². The van der Waals surface area contributed by atoms with Gasteiger partial charge in [-0.2, -0.15) is 9.97 Å². The van der Waals surface area contributed by atoms with Crippen molar-refractivity contribution in [3.63, 3.8) is 0 Å². The average molecular weight is 725 g/mol. The van der Waals surface area contributed by atoms with E-state index in [1.165, 1.54) is 24.3 Å². The first-order chi connectivity index (χ1) is 24.3. The predicted molar refractivity (Wildman–Crippen MR) is 168 cm³/mol. The Balaban J connectivity index is 1.18. The van der Waals surface area contributed by atoms with Gasteiger partial charge in [-0.15, -0.1) is 26.3 Å². The van der Waals surface area contributed by atoms with Gasteiger partial charge >= 0.3 is 18.7 Å². The number of aryl methyl sites for hydroxylation is 1. The van der Waals surface area contributed by atoms with E-state index in [1.54, 1.807) is 0 Å². The lowest BCUT2D eigenvalue weighted by molar-refractivity contribution is -0.340. The van der Waals surface area contributed by atoms with Gasteiger partial charge in [0.05, 0.1) is 23.8 Å². The number of rotatable bonds is 8. The van der Waals surface area contributed by atoms with Crippen LogP contribution in [0, 0.1) is 17.0 Å². The molecular weight excluding hydrogens is 692 g/mol. The Morgan fingerprint density at radius 3 is 2.51 bits per heavy atom. The van der Waals surface area contributed by atoms with Crippen LogP contribution < -0.4 is 19.7 Å². The Bertz CT molecular complexity index is 1990. The Morgan fingerprint density at radius 1 is 0.922 bits per heavy atom. The molecule has 2 atom stereocenters. The van der Waals surface area contributed by atoms with E-state index in [2.05, 4.69) is 29.7 Å². The Kier molecular flexibility index (Phi) is 8.37. The van der Waals surface area contributed by atoms with E-state index >= 15 is 4.39 Å². The molecule has 1 aliphatic carbocycles. The highest BCUT2D eigenvalue weighted by Crippen LogP contribution is 2.48. The zero-order chi connectivity index (χ0) is 35.7. The average Bonchev–Trinajstić information content (AvgIpc) is 3.75. The van der Waals surface area contributed by atoms with Crippen molar-refractivity contribution in [1.82, 2.24) is 25.2 Å². The molecule has 0 bridgehead atoms. The fourth-order valence-electron chi connectivity index (χ4n) is 7.61. The van der Waals surface area contributed by atoms with Crippen LogP contribution in [0.25, 0.3) is 32.9 Å². The van der Waals surface area contributed by atoms with Crippen molar-refractivity contribution >= 4 is 27.5 Å². The number of aromatic nitrogens is 3. The van der Waals surface area contributed by atoms with Crippen LogP contribution in [0.4, 0.5) is 40.9 Å². The maximum atomic E-state index is 16.9. The summed E-state index contributed by atoms with van der Waals surface area (Å²) in [6.45, 7) is 3.03. The first-order valence-electron chi connectivity index (χ1n) is 16.7. The highest BCUT2D eigenvalue weighted by molar-refractivity contribution is 6.03. The molecule has 3 aliphatic heterocycles. The zero-order valence-corrected chi connectivity index (χ0v) is 27.0. The molecule has 4 aliphatic rings. The first-order valence-corrected chi connectivity index (χ1v) is 16.7. The van der Waals surface area contributed by atoms with Crippen LogP contribution in [-0.2, 0) is 11.2 Å². The Morgan fingerprint density at radius 2 is 1.75 bits per heavy atom. The van der Waals surface area contributed by atoms with Crippen molar-refractivity contribution in [1.29, 1.82) is 0 Å². The van der Waals surface area contributed by atoms with E-state index in [9.17, 15) is 30.7 Å². The number of anilines is 1. The largest absolute Gasteiger partial charge is 0.573 e. The molecule has 2 saturated heterocycles. The van der Waals surface area contributed by atoms with Gasteiger partial charge in [-0.25, -0.2) is 13.8 Å². The highest BCUT2D eigenvalue weighted by atomic mass is 19.4. The molecule has 17 heteroatoms. The quantitative estimate of drug-likeness (QED) is 0.205. The molecule has 3 fully saturated rings. The lowest BCUT2D eigenvalue weighted by Gasteiger charge is -2.36. The van der Waals surface area contributed by atoms with Gasteiger partial charge in [-0.3, -0.25) is 9.64 Å². The number of hydrogen-bond donors (Lipinski definition) is 1. The molecule has 2 aromatic heterocycles. The topological polar surface area (TPSA) is 84.9 Å². The molecular formula is C34H32F8N6O3. The van der Waals surface area contributed by atoms with Crippen LogP contribution in [0.2, 0.25) is 0 Å². The fourth-order valence-corrected chi connectivity index (χ4v) is 7.61. The van der Waals surface area contributed by atoms with Crippen LogP contribution in [0.3, 0.4) is 0 Å². The third kappa shape index (κ3) is 6.82. The summed E-state index contributed by atoms with van der Waals surface area (Å²) in [6.07, 6.45) is -8.09. The van der Waals surface area contributed by atoms with E-state index in [4.69, 9.17) is 9.72 Å². The molecule has 1 N–H and O–H groups in total. The summed E-state index contributed by atoms with van der Waals surface area (Å²) < 4.78 is 125. The van der Waals surface area contributed by atoms with Crippen molar-refractivity contribution in [3.05, 3.63) is 47.7 Å². The molecule has 2 unspecified atom stereocenters. The van der Waals surface area contributed by atoms with Gasteiger partial charge in [0.15, 0.2) is 17.4 Å². The minimum atomic E-state index is -5.22. The summed E-state index contributed by atoms with van der Waals surface area (Å²) >= 11 is 0. The minimum absolute atomic E-state index is 0.0272. The number of nitrogens with zero attached hydrogens (tertiary/aromatic N) is 5. The lowest BCUT2D eigenvalue weighted by Crippen LogP contribution is -2.51. The van der Waals surface area contributed by atoms with E-state index in [0.29, 0.717) is 62.5 Å². The number of alkyl halides is 6. The molecule has 8 rings (SSSR count). The molecule has 1 saturated carbocycles. The molecule has 51 heavy (non-hydrogen) atoms. The second-order valence-electron chi connectivity index (χ2n) is 13.7. The van der Waals surface area contributed by atoms with Crippen molar-refractivity contribution < 1.29 is 49.3 Å². The molecule has 0 spiro atoms. The SMILES string of the molecule is Fc1ccc2cccc(-c3nc4c5c(nc(OCC6(CN7CCC(OC(F)(F)F)C7)CC6)nc5c3F)N3CCNCC3CC4)c2c1OC(F)(F)F. The number of nitrogens with one attached hydrogen (secondary N) is 1. The number of piperazine rings is 1. The standard InChI is InChI=1S/C34H32F8N6O3/c35-22-6-4-18-2-1-3-21(24(18)29(22)51-34(40,41)42)27-26(36)28-25-23(44-27)7-5-19-14-43-11-13-48(19)30(25)46-31(45-28)49-17-32(9-10-32)16-47-12-8-20(15-47)50-33(37,38)39/h1-4,6,19-20,43H,5,7-17H2. The molecule has 0 radical (unpaired) electrons. The Labute approximate surface area is 285 Å². The summed E-state index contributed by atoms with van der Waals surface area (Å²) in [6, 6.07) is 6.32. The van der Waals surface area contributed by atoms with E-state index < -0.39 is 36.2 Å². The van der Waals surface area contributed by atoms with Crippen molar-refractivity contribution in [2.45, 2.75) is 57.0 Å². The molecule has 9 nitrogen and oxygen atoms in total. The molecule has 0 amide bonds. The third-order valence-electron chi connectivity index (χ3n) is 10.1. The molecule has 4 aromatic rings. The summed E-state index contributed by atoms with van der Waals surface area (Å²) in [5.41, 5.74) is -0.488. The number of benzene rings is 2. The van der Waals surface area contributed by atoms with Gasteiger partial charge in [0.25, 0.3) is 0 Å². The third-order valence-corrected chi connectivity index (χ3v) is 10.1. The number of fused-ring (bicyclic) bond motifs is 3. The maximum absolute atomic E-state index is 16.9. The molecule has 2 aromatic carbocycles. The van der Waals surface area contributed by atoms with Gasteiger partial charge in [0, 0.05) is 61.7 Å². The number of halogens is 8. The second kappa shape index (κ2) is 12.5. The van der Waals surface area contributed by atoms with Gasteiger partial charge < -0.3 is 19.7 Å². The van der Waals surface area contributed by atoms with Gasteiger partial charge in [0.2, 0.25) is 0 Å². The van der Waals surface area contributed by atoms with Crippen LogP contribution in [0.5, 0.6) is 11.8 Å². The number of likely N-dealkylation sites (tertiary alicyclic amines) is 1. The number of hydrogen-bond acceptors (Lipinski definition) is 9. The van der Waals surface area contributed by atoms with E-state index in [-0.39, 0.29) is 64.6 Å². The Hall–Kier alpha value is -4.09. The van der Waals surface area contributed by atoms with Crippen LogP contribution in [0.15, 0.2) is 30.3 Å². The van der Waals surface area contributed by atoms with Gasteiger partial charge in [-0.05, 0) is 43.6 Å². The van der Waals surface area contributed by atoms with Gasteiger partial charge in [-0.1, -0.05) is 24.3 Å². The number of pyridine rings is 1. The summed E-state index contributed by atoms with van der Waals surface area (Å²) in [5.74, 6) is -2.89. The summed E-state index contributed by atoms with van der Waals surface area (Å²) in [5, 5.41) is 3.60. The molecule has 5 heterocycles. The number of ether oxygens (including phenoxy) is 3. The normalized spacial score (nSPS) is 21.9.